The first-order valence-electron chi connectivity index (χ1n) is 6.45. The van der Waals surface area contributed by atoms with E-state index in [0.717, 1.165) is 30.5 Å². The van der Waals surface area contributed by atoms with Gasteiger partial charge in [0.15, 0.2) is 0 Å². The minimum atomic E-state index is -4.13. The zero-order valence-electron chi connectivity index (χ0n) is 11.1. The van der Waals surface area contributed by atoms with Crippen molar-refractivity contribution in [3.05, 3.63) is 22.9 Å². The standard InChI is InChI=1S/C14H20F3N/c1-9-4-6-11(7-5-9)13-10(2)8-12(18(13)3)14(15,16)17/h4,11-12H,5-8H2,1-3H3. The van der Waals surface area contributed by atoms with Crippen molar-refractivity contribution in [1.29, 1.82) is 0 Å². The highest BCUT2D eigenvalue weighted by atomic mass is 19.4. The van der Waals surface area contributed by atoms with Crippen molar-refractivity contribution in [2.45, 2.75) is 51.7 Å². The fraction of sp³-hybridized carbons (Fsp3) is 0.714. The molecule has 1 nitrogen and oxygen atoms in total. The number of hydrogen-bond donors (Lipinski definition) is 0. The summed E-state index contributed by atoms with van der Waals surface area (Å²) < 4.78 is 38.7. The monoisotopic (exact) mass is 259 g/mol. The molecule has 1 aliphatic heterocycles. The first-order chi connectivity index (χ1) is 8.30. The van der Waals surface area contributed by atoms with Crippen LogP contribution in [0.5, 0.6) is 0 Å². The highest BCUT2D eigenvalue weighted by Gasteiger charge is 2.47. The van der Waals surface area contributed by atoms with Gasteiger partial charge in [0.1, 0.15) is 6.04 Å². The predicted molar refractivity (Wildman–Crippen MR) is 66.0 cm³/mol. The van der Waals surface area contributed by atoms with Gasteiger partial charge < -0.3 is 4.90 Å². The van der Waals surface area contributed by atoms with Gasteiger partial charge in [0, 0.05) is 18.7 Å². The number of alkyl halides is 3. The zero-order chi connectivity index (χ0) is 13.5. The van der Waals surface area contributed by atoms with Crippen molar-refractivity contribution in [3.63, 3.8) is 0 Å². The smallest absolute Gasteiger partial charge is 0.366 e. The van der Waals surface area contributed by atoms with Gasteiger partial charge >= 0.3 is 6.18 Å². The van der Waals surface area contributed by atoms with Crippen molar-refractivity contribution in [3.8, 4) is 0 Å². The Hall–Kier alpha value is -0.930. The minimum absolute atomic E-state index is 0.133. The molecule has 0 fully saturated rings. The molecule has 2 atom stereocenters. The van der Waals surface area contributed by atoms with Gasteiger partial charge in [0.05, 0.1) is 0 Å². The third-order valence-electron chi connectivity index (χ3n) is 4.19. The Balaban J connectivity index is 2.16. The van der Waals surface area contributed by atoms with Gasteiger partial charge in [-0.25, -0.2) is 0 Å². The van der Waals surface area contributed by atoms with Crippen LogP contribution in [0.15, 0.2) is 22.9 Å². The van der Waals surface area contributed by atoms with Crippen LogP contribution in [0.3, 0.4) is 0 Å². The molecule has 1 aliphatic carbocycles. The summed E-state index contributed by atoms with van der Waals surface area (Å²) in [6.45, 7) is 3.94. The molecule has 18 heavy (non-hydrogen) atoms. The fourth-order valence-electron chi connectivity index (χ4n) is 3.19. The van der Waals surface area contributed by atoms with Crippen molar-refractivity contribution in [1.82, 2.24) is 4.90 Å². The van der Waals surface area contributed by atoms with E-state index in [4.69, 9.17) is 0 Å². The molecule has 4 heteroatoms. The maximum absolute atomic E-state index is 12.9. The second-order valence-corrected chi connectivity index (χ2v) is 5.56. The second kappa shape index (κ2) is 4.63. The molecule has 0 radical (unpaired) electrons. The Bertz CT molecular complexity index is 392. The first kappa shape index (κ1) is 13.5. The Morgan fingerprint density at radius 2 is 1.94 bits per heavy atom. The van der Waals surface area contributed by atoms with E-state index in [1.807, 2.05) is 6.92 Å². The summed E-state index contributed by atoms with van der Waals surface area (Å²) in [5, 5.41) is 0. The Morgan fingerprint density at radius 3 is 2.39 bits per heavy atom. The lowest BCUT2D eigenvalue weighted by atomic mass is 9.86. The quantitative estimate of drug-likeness (QED) is 0.635. The normalized spacial score (nSPS) is 29.9. The van der Waals surface area contributed by atoms with E-state index in [0.29, 0.717) is 0 Å². The van der Waals surface area contributed by atoms with E-state index in [-0.39, 0.29) is 12.3 Å². The van der Waals surface area contributed by atoms with Crippen LogP contribution in [-0.2, 0) is 0 Å². The number of hydrogen-bond acceptors (Lipinski definition) is 1. The number of rotatable bonds is 1. The molecule has 0 N–H and O–H groups in total. The molecule has 0 saturated carbocycles. The van der Waals surface area contributed by atoms with Crippen LogP contribution in [0.2, 0.25) is 0 Å². The molecular formula is C14H20F3N. The molecule has 0 aromatic carbocycles. The summed E-state index contributed by atoms with van der Waals surface area (Å²) >= 11 is 0. The van der Waals surface area contributed by atoms with Gasteiger partial charge in [0.25, 0.3) is 0 Å². The van der Waals surface area contributed by atoms with E-state index < -0.39 is 12.2 Å². The number of allylic oxidation sites excluding steroid dienone is 3. The Morgan fingerprint density at radius 1 is 1.28 bits per heavy atom. The van der Waals surface area contributed by atoms with Crippen molar-refractivity contribution in [2.75, 3.05) is 7.05 Å². The molecule has 0 aromatic heterocycles. The molecular weight excluding hydrogens is 239 g/mol. The zero-order valence-corrected chi connectivity index (χ0v) is 11.1. The number of nitrogens with zero attached hydrogens (tertiary/aromatic N) is 1. The molecule has 102 valence electrons. The molecule has 0 bridgehead atoms. The van der Waals surface area contributed by atoms with Crippen molar-refractivity contribution < 1.29 is 13.2 Å². The van der Waals surface area contributed by atoms with Crippen LogP contribution in [0.25, 0.3) is 0 Å². The van der Waals surface area contributed by atoms with E-state index in [1.165, 1.54) is 10.5 Å². The van der Waals surface area contributed by atoms with E-state index >= 15 is 0 Å². The lowest BCUT2D eigenvalue weighted by molar-refractivity contribution is -0.172. The predicted octanol–water partition coefficient (Wildman–Crippen LogP) is 4.27. The topological polar surface area (TPSA) is 3.24 Å². The SMILES string of the molecule is CC1=CCC(C2=C(C)CC(C(F)(F)F)N2C)CC1. The summed E-state index contributed by atoms with van der Waals surface area (Å²) in [6.07, 6.45) is 1.04. The summed E-state index contributed by atoms with van der Waals surface area (Å²) in [6, 6.07) is -1.32. The van der Waals surface area contributed by atoms with Crippen LogP contribution in [0.4, 0.5) is 13.2 Å². The number of halogens is 3. The van der Waals surface area contributed by atoms with E-state index in [1.54, 1.807) is 7.05 Å². The Kier molecular flexibility index (Phi) is 3.47. The van der Waals surface area contributed by atoms with Crippen LogP contribution in [0.1, 0.15) is 39.5 Å². The van der Waals surface area contributed by atoms with Gasteiger partial charge in [-0.3, -0.25) is 0 Å². The summed E-state index contributed by atoms with van der Waals surface area (Å²) in [7, 11) is 1.59. The van der Waals surface area contributed by atoms with Crippen molar-refractivity contribution in [2.24, 2.45) is 5.92 Å². The van der Waals surface area contributed by atoms with E-state index in [9.17, 15) is 13.2 Å². The van der Waals surface area contributed by atoms with Crippen LogP contribution >= 0.6 is 0 Å². The first-order valence-corrected chi connectivity index (χ1v) is 6.45. The molecule has 0 aromatic rings. The van der Waals surface area contributed by atoms with Crippen LogP contribution in [-0.4, -0.2) is 24.2 Å². The van der Waals surface area contributed by atoms with Gasteiger partial charge in [-0.2, -0.15) is 13.2 Å². The summed E-state index contributed by atoms with van der Waals surface area (Å²) in [4.78, 5) is 1.47. The molecule has 2 unspecified atom stereocenters. The van der Waals surface area contributed by atoms with Gasteiger partial charge in [-0.05, 0) is 39.5 Å². The Labute approximate surface area is 106 Å². The third-order valence-corrected chi connectivity index (χ3v) is 4.19. The maximum Gasteiger partial charge on any atom is 0.409 e. The highest BCUT2D eigenvalue weighted by Crippen LogP contribution is 2.42. The van der Waals surface area contributed by atoms with Gasteiger partial charge in [0.2, 0.25) is 0 Å². The lowest BCUT2D eigenvalue weighted by Crippen LogP contribution is -2.40. The average molecular weight is 259 g/mol. The highest BCUT2D eigenvalue weighted by molar-refractivity contribution is 5.25. The fourth-order valence-corrected chi connectivity index (χ4v) is 3.19. The van der Waals surface area contributed by atoms with Crippen molar-refractivity contribution >= 4 is 0 Å². The summed E-state index contributed by atoms with van der Waals surface area (Å²) in [5.41, 5.74) is 3.20. The molecule has 1 heterocycles. The molecule has 0 spiro atoms. The molecule has 0 amide bonds. The molecule has 2 aliphatic rings. The maximum atomic E-state index is 12.9. The average Bonchev–Trinajstić information content (AvgIpc) is 2.56. The lowest BCUT2D eigenvalue weighted by Gasteiger charge is -2.32. The largest absolute Gasteiger partial charge is 0.409 e. The molecule has 0 saturated heterocycles. The molecule has 2 rings (SSSR count). The van der Waals surface area contributed by atoms with Crippen LogP contribution in [0, 0.1) is 5.92 Å². The summed E-state index contributed by atoms with van der Waals surface area (Å²) in [5.74, 6) is 0.269. The van der Waals surface area contributed by atoms with Gasteiger partial charge in [-0.15, -0.1) is 0 Å². The van der Waals surface area contributed by atoms with Crippen LogP contribution < -0.4 is 0 Å². The van der Waals surface area contributed by atoms with Gasteiger partial charge in [-0.1, -0.05) is 17.2 Å². The minimum Gasteiger partial charge on any atom is -0.366 e. The second-order valence-electron chi connectivity index (χ2n) is 5.56. The van der Waals surface area contributed by atoms with E-state index in [2.05, 4.69) is 13.0 Å². The third kappa shape index (κ3) is 2.43.